The van der Waals surface area contributed by atoms with E-state index < -0.39 is 0 Å². The second-order valence-electron chi connectivity index (χ2n) is 3.55. The summed E-state index contributed by atoms with van der Waals surface area (Å²) in [5.41, 5.74) is 1.07. The predicted octanol–water partition coefficient (Wildman–Crippen LogP) is 3.05. The van der Waals surface area contributed by atoms with Gasteiger partial charge in [-0.15, -0.1) is 0 Å². The molecule has 1 aliphatic rings. The fourth-order valence-electron chi connectivity index (χ4n) is 1.57. The van der Waals surface area contributed by atoms with Crippen molar-refractivity contribution in [3.63, 3.8) is 0 Å². The third kappa shape index (κ3) is 1.86. The fourth-order valence-corrected chi connectivity index (χ4v) is 1.57. The van der Waals surface area contributed by atoms with Gasteiger partial charge < -0.3 is 5.11 Å². The maximum absolute atomic E-state index is 9.51. The lowest BCUT2D eigenvalue weighted by Crippen LogP contribution is -2.13. The zero-order valence-electron chi connectivity index (χ0n) is 7.30. The predicted molar refractivity (Wildman–Crippen MR) is 47.4 cm³/mol. The van der Waals surface area contributed by atoms with Crippen LogP contribution >= 0.6 is 0 Å². The van der Waals surface area contributed by atoms with Gasteiger partial charge in [0.25, 0.3) is 0 Å². The SMILES string of the molecule is C=C(C)[C@@H]1CC[C@@H](C)C=C1O. The van der Waals surface area contributed by atoms with Crippen LogP contribution < -0.4 is 0 Å². The molecule has 1 nitrogen and oxygen atoms in total. The molecule has 0 spiro atoms. The van der Waals surface area contributed by atoms with Gasteiger partial charge in [-0.1, -0.05) is 19.1 Å². The van der Waals surface area contributed by atoms with Crippen LogP contribution in [-0.2, 0) is 0 Å². The average molecular weight is 152 g/mol. The van der Waals surface area contributed by atoms with Gasteiger partial charge in [-0.05, 0) is 31.8 Å². The summed E-state index contributed by atoms with van der Waals surface area (Å²) in [6, 6.07) is 0. The Labute approximate surface area is 68.4 Å². The van der Waals surface area contributed by atoms with E-state index in [4.69, 9.17) is 0 Å². The first-order valence-corrected chi connectivity index (χ1v) is 4.17. The number of aliphatic hydroxyl groups is 1. The molecule has 0 unspecified atom stereocenters. The van der Waals surface area contributed by atoms with Crippen LogP contribution in [0.2, 0.25) is 0 Å². The molecule has 0 amide bonds. The third-order valence-electron chi connectivity index (χ3n) is 2.32. The first-order chi connectivity index (χ1) is 5.11. The molecule has 0 saturated heterocycles. The lowest BCUT2D eigenvalue weighted by Gasteiger charge is -2.23. The maximum Gasteiger partial charge on any atom is 0.0956 e. The summed E-state index contributed by atoms with van der Waals surface area (Å²) in [5.74, 6) is 1.29. The summed E-state index contributed by atoms with van der Waals surface area (Å²) in [4.78, 5) is 0. The minimum absolute atomic E-state index is 0.228. The Bertz CT molecular complexity index is 191. The molecule has 1 aliphatic carbocycles. The van der Waals surface area contributed by atoms with E-state index in [0.29, 0.717) is 11.7 Å². The van der Waals surface area contributed by atoms with Crippen LogP contribution in [0.15, 0.2) is 24.0 Å². The van der Waals surface area contributed by atoms with Gasteiger partial charge in [0, 0.05) is 5.92 Å². The molecule has 0 fully saturated rings. The van der Waals surface area contributed by atoms with Crippen molar-refractivity contribution < 1.29 is 5.11 Å². The van der Waals surface area contributed by atoms with Crippen LogP contribution in [0.25, 0.3) is 0 Å². The standard InChI is InChI=1S/C10H16O/c1-7(2)9-5-4-8(3)6-10(9)11/h6,8-9,11H,1,4-5H2,2-3H3/t8-,9+/m1/s1. The molecule has 1 heteroatoms. The van der Waals surface area contributed by atoms with E-state index in [9.17, 15) is 5.11 Å². The van der Waals surface area contributed by atoms with E-state index >= 15 is 0 Å². The lowest BCUT2D eigenvalue weighted by molar-refractivity contribution is 0.306. The number of hydrogen-bond acceptors (Lipinski definition) is 1. The second kappa shape index (κ2) is 3.12. The summed E-state index contributed by atoms with van der Waals surface area (Å²) >= 11 is 0. The highest BCUT2D eigenvalue weighted by Gasteiger charge is 2.20. The average Bonchev–Trinajstić information content (AvgIpc) is 1.85. The lowest BCUT2D eigenvalue weighted by atomic mass is 9.84. The number of hydrogen-bond donors (Lipinski definition) is 1. The summed E-state index contributed by atoms with van der Waals surface area (Å²) in [5, 5.41) is 9.51. The molecular formula is C10H16O. The van der Waals surface area contributed by atoms with Crippen LogP contribution in [0.3, 0.4) is 0 Å². The molecule has 1 N–H and O–H groups in total. The summed E-state index contributed by atoms with van der Waals surface area (Å²) < 4.78 is 0. The molecule has 62 valence electrons. The van der Waals surface area contributed by atoms with E-state index in [0.717, 1.165) is 12.0 Å². The summed E-state index contributed by atoms with van der Waals surface area (Å²) in [6.07, 6.45) is 4.17. The van der Waals surface area contributed by atoms with Gasteiger partial charge in [-0.2, -0.15) is 0 Å². The zero-order valence-corrected chi connectivity index (χ0v) is 7.30. The molecule has 0 bridgehead atoms. The van der Waals surface area contributed by atoms with Crippen LogP contribution in [0.4, 0.5) is 0 Å². The van der Waals surface area contributed by atoms with Crippen molar-refractivity contribution in [1.82, 2.24) is 0 Å². The van der Waals surface area contributed by atoms with Crippen molar-refractivity contribution in [3.05, 3.63) is 24.0 Å². The van der Waals surface area contributed by atoms with Gasteiger partial charge in [-0.3, -0.25) is 0 Å². The van der Waals surface area contributed by atoms with E-state index in [-0.39, 0.29) is 5.92 Å². The van der Waals surface area contributed by atoms with Crippen molar-refractivity contribution in [3.8, 4) is 0 Å². The number of allylic oxidation sites excluding steroid dienone is 2. The van der Waals surface area contributed by atoms with Crippen molar-refractivity contribution >= 4 is 0 Å². The molecule has 11 heavy (non-hydrogen) atoms. The molecule has 0 saturated carbocycles. The van der Waals surface area contributed by atoms with E-state index in [1.54, 1.807) is 0 Å². The highest BCUT2D eigenvalue weighted by Crippen LogP contribution is 2.30. The largest absolute Gasteiger partial charge is 0.512 e. The van der Waals surface area contributed by atoms with Gasteiger partial charge in [0.1, 0.15) is 0 Å². The molecular weight excluding hydrogens is 136 g/mol. The van der Waals surface area contributed by atoms with Gasteiger partial charge in [-0.25, -0.2) is 0 Å². The molecule has 0 radical (unpaired) electrons. The smallest absolute Gasteiger partial charge is 0.0956 e. The normalized spacial score (nSPS) is 31.3. The van der Waals surface area contributed by atoms with Gasteiger partial charge in [0.15, 0.2) is 0 Å². The minimum atomic E-state index is 0.228. The Balaban J connectivity index is 2.72. The Kier molecular flexibility index (Phi) is 2.38. The molecule has 0 heterocycles. The van der Waals surface area contributed by atoms with Crippen molar-refractivity contribution in [1.29, 1.82) is 0 Å². The Morgan fingerprint density at radius 2 is 2.27 bits per heavy atom. The Morgan fingerprint density at radius 3 is 2.73 bits per heavy atom. The second-order valence-corrected chi connectivity index (χ2v) is 3.55. The quantitative estimate of drug-likeness (QED) is 0.572. The van der Waals surface area contributed by atoms with Crippen LogP contribution in [0.5, 0.6) is 0 Å². The molecule has 0 aromatic heterocycles. The van der Waals surface area contributed by atoms with Gasteiger partial charge >= 0.3 is 0 Å². The van der Waals surface area contributed by atoms with Crippen molar-refractivity contribution in [2.45, 2.75) is 26.7 Å². The first kappa shape index (κ1) is 8.38. The van der Waals surface area contributed by atoms with Crippen LogP contribution in [0, 0.1) is 11.8 Å². The molecule has 0 aromatic rings. The highest BCUT2D eigenvalue weighted by atomic mass is 16.3. The Morgan fingerprint density at radius 1 is 1.64 bits per heavy atom. The molecule has 0 aliphatic heterocycles. The van der Waals surface area contributed by atoms with Crippen molar-refractivity contribution in [2.24, 2.45) is 11.8 Å². The number of aliphatic hydroxyl groups excluding tert-OH is 1. The maximum atomic E-state index is 9.51. The molecule has 1 rings (SSSR count). The molecule has 2 atom stereocenters. The Hall–Kier alpha value is -0.720. The van der Waals surface area contributed by atoms with Crippen LogP contribution in [0.1, 0.15) is 26.7 Å². The summed E-state index contributed by atoms with van der Waals surface area (Å²) in [7, 11) is 0. The van der Waals surface area contributed by atoms with E-state index in [1.165, 1.54) is 6.42 Å². The first-order valence-electron chi connectivity index (χ1n) is 4.17. The minimum Gasteiger partial charge on any atom is -0.512 e. The number of rotatable bonds is 1. The highest BCUT2D eigenvalue weighted by molar-refractivity contribution is 5.15. The van der Waals surface area contributed by atoms with Gasteiger partial charge in [0.2, 0.25) is 0 Å². The summed E-state index contributed by atoms with van der Waals surface area (Å²) in [6.45, 7) is 7.96. The van der Waals surface area contributed by atoms with E-state index in [1.807, 2.05) is 13.0 Å². The topological polar surface area (TPSA) is 20.2 Å². The van der Waals surface area contributed by atoms with Crippen LogP contribution in [-0.4, -0.2) is 5.11 Å². The van der Waals surface area contributed by atoms with Crippen molar-refractivity contribution in [2.75, 3.05) is 0 Å². The third-order valence-corrected chi connectivity index (χ3v) is 2.32. The molecule has 0 aromatic carbocycles. The fraction of sp³-hybridized carbons (Fsp3) is 0.600. The van der Waals surface area contributed by atoms with E-state index in [2.05, 4.69) is 13.5 Å². The zero-order chi connectivity index (χ0) is 8.43. The monoisotopic (exact) mass is 152 g/mol. The van der Waals surface area contributed by atoms with Gasteiger partial charge in [0.05, 0.1) is 5.76 Å².